The molecule has 1 saturated carbocycles. The number of nitrogens with zero attached hydrogens (tertiary/aromatic N) is 2. The van der Waals surface area contributed by atoms with Crippen LogP contribution < -0.4 is 0 Å². The van der Waals surface area contributed by atoms with Crippen LogP contribution in [0, 0.1) is 5.92 Å². The second-order valence-electron chi connectivity index (χ2n) is 6.46. The Hall–Kier alpha value is -2.15. The molecule has 6 nitrogen and oxygen atoms in total. The van der Waals surface area contributed by atoms with E-state index in [4.69, 9.17) is 4.42 Å². The molecule has 1 aliphatic carbocycles. The molecule has 1 saturated heterocycles. The monoisotopic (exact) mass is 346 g/mol. The molecule has 1 amide bonds. The lowest BCUT2D eigenvalue weighted by atomic mass is 9.84. The number of hydrogen-bond donors (Lipinski definition) is 1. The second-order valence-corrected chi connectivity index (χ2v) is 7.32. The van der Waals surface area contributed by atoms with Gasteiger partial charge >= 0.3 is 5.97 Å². The van der Waals surface area contributed by atoms with Crippen LogP contribution in [0.25, 0.3) is 10.6 Å². The van der Waals surface area contributed by atoms with Gasteiger partial charge in [0.05, 0.1) is 6.26 Å². The molecule has 2 aromatic heterocycles. The zero-order valence-corrected chi connectivity index (χ0v) is 13.9. The Balaban J connectivity index is 1.63. The lowest BCUT2D eigenvalue weighted by Crippen LogP contribution is -2.46. The Bertz CT molecular complexity index is 754. The van der Waals surface area contributed by atoms with Crippen LogP contribution in [-0.4, -0.2) is 39.0 Å². The number of likely N-dealkylation sites (tertiary alicyclic amines) is 1. The number of furan rings is 1. The van der Waals surface area contributed by atoms with Crippen LogP contribution in [0.3, 0.4) is 0 Å². The summed E-state index contributed by atoms with van der Waals surface area (Å²) >= 11 is 1.37. The van der Waals surface area contributed by atoms with Crippen LogP contribution in [0.4, 0.5) is 0 Å². The summed E-state index contributed by atoms with van der Waals surface area (Å²) in [5, 5.41) is 12.0. The van der Waals surface area contributed by atoms with Crippen molar-refractivity contribution in [3.63, 3.8) is 0 Å². The summed E-state index contributed by atoms with van der Waals surface area (Å²) in [7, 11) is 0. The molecule has 3 unspecified atom stereocenters. The van der Waals surface area contributed by atoms with Crippen molar-refractivity contribution in [2.75, 3.05) is 0 Å². The molecular formula is C17H18N2O4S. The highest BCUT2D eigenvalue weighted by molar-refractivity contribution is 7.13. The highest BCUT2D eigenvalue weighted by atomic mass is 32.1. The van der Waals surface area contributed by atoms with Gasteiger partial charge in [0.2, 0.25) is 0 Å². The van der Waals surface area contributed by atoms with Crippen molar-refractivity contribution in [2.45, 2.75) is 44.2 Å². The molecule has 4 rings (SSSR count). The fourth-order valence-corrected chi connectivity index (χ4v) is 4.78. The van der Waals surface area contributed by atoms with E-state index >= 15 is 0 Å². The molecule has 7 heteroatoms. The molecule has 2 aliphatic rings. The van der Waals surface area contributed by atoms with Gasteiger partial charge in [-0.1, -0.05) is 12.8 Å². The van der Waals surface area contributed by atoms with Crippen molar-refractivity contribution in [3.05, 3.63) is 29.7 Å². The molecule has 0 spiro atoms. The number of carbonyl (C=O) groups is 2. The highest BCUT2D eigenvalue weighted by Gasteiger charge is 2.48. The molecule has 0 radical (unpaired) electrons. The first-order valence-electron chi connectivity index (χ1n) is 8.18. The van der Waals surface area contributed by atoms with Gasteiger partial charge in [-0.25, -0.2) is 9.78 Å². The first-order chi connectivity index (χ1) is 11.6. The van der Waals surface area contributed by atoms with Gasteiger partial charge < -0.3 is 14.4 Å². The summed E-state index contributed by atoms with van der Waals surface area (Å²) in [5.41, 5.74) is 1.15. The maximum absolute atomic E-state index is 13.0. The van der Waals surface area contributed by atoms with Crippen LogP contribution >= 0.6 is 11.3 Å². The average Bonchev–Trinajstić information content (AvgIpc) is 3.31. The van der Waals surface area contributed by atoms with E-state index < -0.39 is 12.0 Å². The van der Waals surface area contributed by atoms with Gasteiger partial charge in [-0.15, -0.1) is 11.3 Å². The van der Waals surface area contributed by atoms with Crippen molar-refractivity contribution < 1.29 is 19.1 Å². The second kappa shape index (κ2) is 6.05. The summed E-state index contributed by atoms with van der Waals surface area (Å²) in [6.45, 7) is 0. The van der Waals surface area contributed by atoms with Crippen molar-refractivity contribution >= 4 is 23.2 Å². The van der Waals surface area contributed by atoms with E-state index in [0.29, 0.717) is 23.0 Å². The van der Waals surface area contributed by atoms with Crippen LogP contribution in [0.15, 0.2) is 28.4 Å². The number of fused-ring (bicyclic) bond motifs is 1. The molecule has 126 valence electrons. The average molecular weight is 346 g/mol. The van der Waals surface area contributed by atoms with Gasteiger partial charge in [0.15, 0.2) is 0 Å². The van der Waals surface area contributed by atoms with Gasteiger partial charge in [-0.05, 0) is 31.2 Å². The Morgan fingerprint density at radius 2 is 2.17 bits per heavy atom. The first-order valence-corrected chi connectivity index (χ1v) is 9.06. The predicted octanol–water partition coefficient (Wildman–Crippen LogP) is 3.26. The number of carboxylic acids is 1. The topological polar surface area (TPSA) is 83.6 Å². The van der Waals surface area contributed by atoms with Crippen LogP contribution in [0.1, 0.15) is 42.6 Å². The third-order valence-electron chi connectivity index (χ3n) is 5.10. The molecule has 2 fully saturated rings. The number of hydrogen-bond acceptors (Lipinski definition) is 5. The van der Waals surface area contributed by atoms with Crippen LogP contribution in [0.5, 0.6) is 0 Å². The van der Waals surface area contributed by atoms with Crippen LogP contribution in [-0.2, 0) is 4.79 Å². The van der Waals surface area contributed by atoms with Crippen LogP contribution in [0.2, 0.25) is 0 Å². The third kappa shape index (κ3) is 2.53. The van der Waals surface area contributed by atoms with Gasteiger partial charge in [-0.2, -0.15) is 0 Å². The van der Waals surface area contributed by atoms with E-state index in [-0.39, 0.29) is 11.9 Å². The van der Waals surface area contributed by atoms with E-state index in [1.807, 2.05) is 0 Å². The fourth-order valence-electron chi connectivity index (χ4n) is 4.00. The van der Waals surface area contributed by atoms with Gasteiger partial charge in [-0.3, -0.25) is 4.79 Å². The number of thiazole rings is 1. The van der Waals surface area contributed by atoms with Crippen molar-refractivity contribution in [2.24, 2.45) is 5.92 Å². The molecule has 1 aliphatic heterocycles. The lowest BCUT2D eigenvalue weighted by molar-refractivity contribution is -0.141. The minimum Gasteiger partial charge on any atom is -0.480 e. The van der Waals surface area contributed by atoms with E-state index in [0.717, 1.165) is 31.2 Å². The SMILES string of the molecule is O=C(O)C1CC2CCCCC2N1C(=O)c1csc(-c2ccoc2)n1. The van der Waals surface area contributed by atoms with Gasteiger partial charge in [0.1, 0.15) is 23.0 Å². The van der Waals surface area contributed by atoms with E-state index in [2.05, 4.69) is 4.98 Å². The Labute approximate surface area is 143 Å². The van der Waals surface area contributed by atoms with E-state index in [9.17, 15) is 14.7 Å². The Morgan fingerprint density at radius 1 is 1.33 bits per heavy atom. The number of rotatable bonds is 3. The normalized spacial score (nSPS) is 26.3. The van der Waals surface area contributed by atoms with Crippen molar-refractivity contribution in [1.82, 2.24) is 9.88 Å². The molecule has 3 atom stereocenters. The Morgan fingerprint density at radius 3 is 2.92 bits per heavy atom. The summed E-state index contributed by atoms with van der Waals surface area (Å²) in [5.74, 6) is -0.874. The van der Waals surface area contributed by atoms with E-state index in [1.54, 1.807) is 28.9 Å². The molecule has 0 bridgehead atoms. The minimum atomic E-state index is -0.914. The molecular weight excluding hydrogens is 328 g/mol. The van der Waals surface area contributed by atoms with Crippen molar-refractivity contribution in [3.8, 4) is 10.6 Å². The number of carbonyl (C=O) groups excluding carboxylic acids is 1. The summed E-state index contributed by atoms with van der Waals surface area (Å²) in [4.78, 5) is 30.6. The molecule has 0 aromatic carbocycles. The standard InChI is InChI=1S/C17H18N2O4S/c20-16(12-9-24-15(18-12)11-5-6-23-8-11)19-13-4-2-1-3-10(13)7-14(19)17(21)22/h5-6,8-10,13-14H,1-4,7H2,(H,21,22). The van der Waals surface area contributed by atoms with E-state index in [1.165, 1.54) is 11.3 Å². The Kier molecular flexibility index (Phi) is 3.88. The first kappa shape index (κ1) is 15.4. The van der Waals surface area contributed by atoms with Gasteiger partial charge in [0.25, 0.3) is 5.91 Å². The summed E-state index contributed by atoms with van der Waals surface area (Å²) < 4.78 is 5.05. The summed E-state index contributed by atoms with van der Waals surface area (Å²) in [6.07, 6.45) is 7.77. The lowest BCUT2D eigenvalue weighted by Gasteiger charge is -2.32. The summed E-state index contributed by atoms with van der Waals surface area (Å²) in [6, 6.07) is 1.09. The zero-order valence-electron chi connectivity index (χ0n) is 13.1. The third-order valence-corrected chi connectivity index (χ3v) is 5.99. The number of aromatic nitrogens is 1. The zero-order chi connectivity index (χ0) is 16.7. The van der Waals surface area contributed by atoms with Crippen molar-refractivity contribution in [1.29, 1.82) is 0 Å². The molecule has 1 N–H and O–H groups in total. The molecule has 3 heterocycles. The smallest absolute Gasteiger partial charge is 0.326 e. The number of aliphatic carboxylic acids is 1. The quantitative estimate of drug-likeness (QED) is 0.922. The fraction of sp³-hybridized carbons (Fsp3) is 0.471. The number of carboxylic acid groups (broad SMARTS) is 1. The molecule has 24 heavy (non-hydrogen) atoms. The number of amides is 1. The predicted molar refractivity (Wildman–Crippen MR) is 87.8 cm³/mol. The van der Waals surface area contributed by atoms with Gasteiger partial charge in [0, 0.05) is 17.0 Å². The minimum absolute atomic E-state index is 0.0337. The molecule has 2 aromatic rings. The highest BCUT2D eigenvalue weighted by Crippen LogP contribution is 2.40. The maximum atomic E-state index is 13.0. The maximum Gasteiger partial charge on any atom is 0.326 e. The largest absolute Gasteiger partial charge is 0.480 e.